The standard InChI is InChI=1S/C20H18N2O4/c23-18-16-11-6-10-15(17(16)22-19(18)24)9-4-5-12-21-20(25)26-13-14-7-2-1-3-8-14/h1-4,6-11H,5,12-13H2,(H,21,25)(H,22,23,24). The molecule has 6 nitrogen and oxygen atoms in total. The van der Waals surface area contributed by atoms with Crippen molar-refractivity contribution in [2.45, 2.75) is 13.0 Å². The number of hydrogen-bond donors (Lipinski definition) is 2. The van der Waals surface area contributed by atoms with Crippen molar-refractivity contribution in [3.8, 4) is 0 Å². The molecule has 0 saturated heterocycles. The van der Waals surface area contributed by atoms with Crippen LogP contribution >= 0.6 is 0 Å². The van der Waals surface area contributed by atoms with E-state index in [9.17, 15) is 14.4 Å². The fourth-order valence-corrected chi connectivity index (χ4v) is 2.57. The Morgan fingerprint density at radius 1 is 1.08 bits per heavy atom. The zero-order valence-electron chi connectivity index (χ0n) is 14.0. The van der Waals surface area contributed by atoms with E-state index in [0.717, 1.165) is 11.1 Å². The Bertz CT molecular complexity index is 859. The molecule has 2 amide bonds. The molecular weight excluding hydrogens is 332 g/mol. The lowest BCUT2D eigenvalue weighted by Crippen LogP contribution is -2.24. The predicted octanol–water partition coefficient (Wildman–Crippen LogP) is 3.15. The normalized spacial score (nSPS) is 12.8. The third-order valence-electron chi connectivity index (χ3n) is 3.88. The molecular formula is C20H18N2O4. The number of Topliss-reactive ketones (excluding diaryl/α,β-unsaturated/α-hetero) is 1. The van der Waals surface area contributed by atoms with Crippen molar-refractivity contribution in [1.82, 2.24) is 5.32 Å². The summed E-state index contributed by atoms with van der Waals surface area (Å²) in [6, 6.07) is 14.6. The van der Waals surface area contributed by atoms with Crippen molar-refractivity contribution < 1.29 is 19.1 Å². The van der Waals surface area contributed by atoms with Crippen LogP contribution in [0.5, 0.6) is 0 Å². The van der Waals surface area contributed by atoms with Crippen LogP contribution in [0.1, 0.15) is 27.9 Å². The summed E-state index contributed by atoms with van der Waals surface area (Å²) in [7, 11) is 0. The van der Waals surface area contributed by atoms with Gasteiger partial charge in [0.05, 0.1) is 11.3 Å². The maximum Gasteiger partial charge on any atom is 0.407 e. The lowest BCUT2D eigenvalue weighted by atomic mass is 10.1. The number of para-hydroxylation sites is 1. The topological polar surface area (TPSA) is 84.5 Å². The van der Waals surface area contributed by atoms with E-state index >= 15 is 0 Å². The van der Waals surface area contributed by atoms with Crippen LogP contribution in [0.3, 0.4) is 0 Å². The van der Waals surface area contributed by atoms with Gasteiger partial charge in [-0.3, -0.25) is 9.59 Å². The SMILES string of the molecule is O=C(NCCC=Cc1cccc2c1NC(=O)C2=O)OCc1ccccc1. The molecule has 0 bridgehead atoms. The van der Waals surface area contributed by atoms with Gasteiger partial charge in [-0.2, -0.15) is 0 Å². The van der Waals surface area contributed by atoms with Crippen LogP contribution in [0.25, 0.3) is 6.08 Å². The Balaban J connectivity index is 1.44. The fraction of sp³-hybridized carbons (Fsp3) is 0.150. The second kappa shape index (κ2) is 8.11. The quantitative estimate of drug-likeness (QED) is 0.619. The second-order valence-electron chi connectivity index (χ2n) is 5.73. The number of carbonyl (C=O) groups excluding carboxylic acids is 3. The second-order valence-corrected chi connectivity index (χ2v) is 5.73. The van der Waals surface area contributed by atoms with Gasteiger partial charge in [0.2, 0.25) is 0 Å². The van der Waals surface area contributed by atoms with Crippen molar-refractivity contribution in [2.24, 2.45) is 0 Å². The van der Waals surface area contributed by atoms with E-state index in [1.54, 1.807) is 12.1 Å². The van der Waals surface area contributed by atoms with Crippen LogP contribution < -0.4 is 10.6 Å². The van der Waals surface area contributed by atoms with Gasteiger partial charge in [-0.25, -0.2) is 4.79 Å². The molecule has 2 aromatic carbocycles. The molecule has 1 aliphatic rings. The van der Waals surface area contributed by atoms with Crippen LogP contribution in [-0.2, 0) is 16.1 Å². The molecule has 0 radical (unpaired) electrons. The first-order chi connectivity index (χ1) is 12.6. The molecule has 1 aliphatic heterocycles. The third-order valence-corrected chi connectivity index (χ3v) is 3.88. The Morgan fingerprint density at radius 3 is 2.69 bits per heavy atom. The minimum atomic E-state index is -0.608. The third kappa shape index (κ3) is 4.16. The van der Waals surface area contributed by atoms with Crippen LogP contribution in [-0.4, -0.2) is 24.3 Å². The van der Waals surface area contributed by atoms with Gasteiger partial charge in [0.15, 0.2) is 0 Å². The minimum Gasteiger partial charge on any atom is -0.445 e. The Morgan fingerprint density at radius 2 is 1.88 bits per heavy atom. The highest BCUT2D eigenvalue weighted by atomic mass is 16.5. The van der Waals surface area contributed by atoms with E-state index < -0.39 is 17.8 Å². The van der Waals surface area contributed by atoms with E-state index in [1.165, 1.54) is 0 Å². The van der Waals surface area contributed by atoms with Crippen LogP contribution in [0.2, 0.25) is 0 Å². The molecule has 0 aliphatic carbocycles. The molecule has 0 unspecified atom stereocenters. The summed E-state index contributed by atoms with van der Waals surface area (Å²) in [5, 5.41) is 5.25. The molecule has 1 heterocycles. The highest BCUT2D eigenvalue weighted by Crippen LogP contribution is 2.28. The minimum absolute atomic E-state index is 0.229. The fourth-order valence-electron chi connectivity index (χ4n) is 2.57. The number of ketones is 1. The molecule has 0 saturated carbocycles. The molecule has 132 valence electrons. The van der Waals surface area contributed by atoms with E-state index in [-0.39, 0.29) is 6.61 Å². The van der Waals surface area contributed by atoms with E-state index in [2.05, 4.69) is 10.6 Å². The summed E-state index contributed by atoms with van der Waals surface area (Å²) in [5.74, 6) is -1.12. The highest BCUT2D eigenvalue weighted by Gasteiger charge is 2.28. The predicted molar refractivity (Wildman–Crippen MR) is 97.7 cm³/mol. The number of fused-ring (bicyclic) bond motifs is 1. The summed E-state index contributed by atoms with van der Waals surface area (Å²) in [6.45, 7) is 0.650. The lowest BCUT2D eigenvalue weighted by Gasteiger charge is -2.06. The van der Waals surface area contributed by atoms with Gasteiger partial charge in [0.25, 0.3) is 11.7 Å². The zero-order valence-corrected chi connectivity index (χ0v) is 14.0. The first-order valence-corrected chi connectivity index (χ1v) is 8.25. The van der Waals surface area contributed by atoms with Crippen LogP contribution in [0, 0.1) is 0 Å². The first kappa shape index (κ1) is 17.4. The maximum absolute atomic E-state index is 11.7. The number of benzene rings is 2. The molecule has 0 atom stereocenters. The highest BCUT2D eigenvalue weighted by molar-refractivity contribution is 6.52. The van der Waals surface area contributed by atoms with Gasteiger partial charge in [0.1, 0.15) is 6.61 Å². The van der Waals surface area contributed by atoms with Gasteiger partial charge in [-0.05, 0) is 23.6 Å². The van der Waals surface area contributed by atoms with Crippen molar-refractivity contribution >= 4 is 29.5 Å². The van der Waals surface area contributed by atoms with Crippen molar-refractivity contribution in [3.63, 3.8) is 0 Å². The van der Waals surface area contributed by atoms with Crippen LogP contribution in [0.4, 0.5) is 10.5 Å². The molecule has 2 N–H and O–H groups in total. The summed E-state index contributed by atoms with van der Waals surface area (Å²) in [5.41, 5.74) is 2.61. The number of nitrogens with one attached hydrogen (secondary N) is 2. The molecule has 26 heavy (non-hydrogen) atoms. The number of carbonyl (C=O) groups is 3. The van der Waals surface area contributed by atoms with Crippen molar-refractivity contribution in [1.29, 1.82) is 0 Å². The van der Waals surface area contributed by atoms with Gasteiger partial charge >= 0.3 is 6.09 Å². The number of alkyl carbamates (subject to hydrolysis) is 1. The molecule has 2 aromatic rings. The number of ether oxygens (including phenoxy) is 1. The first-order valence-electron chi connectivity index (χ1n) is 8.25. The molecule has 3 rings (SSSR count). The maximum atomic E-state index is 11.7. The smallest absolute Gasteiger partial charge is 0.407 e. The van der Waals surface area contributed by atoms with E-state index in [0.29, 0.717) is 24.2 Å². The molecule has 0 spiro atoms. The molecule has 0 fully saturated rings. The lowest BCUT2D eigenvalue weighted by molar-refractivity contribution is -0.112. The Hall–Kier alpha value is -3.41. The Kier molecular flexibility index (Phi) is 5.43. The summed E-state index contributed by atoms with van der Waals surface area (Å²) in [6.07, 6.45) is 3.80. The average Bonchev–Trinajstić information content (AvgIpc) is 2.96. The largest absolute Gasteiger partial charge is 0.445 e. The number of hydrogen-bond acceptors (Lipinski definition) is 4. The van der Waals surface area contributed by atoms with Crippen LogP contribution in [0.15, 0.2) is 54.6 Å². The van der Waals surface area contributed by atoms with Crippen molar-refractivity contribution in [3.05, 3.63) is 71.3 Å². The summed E-state index contributed by atoms with van der Waals surface area (Å²) >= 11 is 0. The van der Waals surface area contributed by atoms with Crippen molar-refractivity contribution in [2.75, 3.05) is 11.9 Å². The average molecular weight is 350 g/mol. The number of rotatable bonds is 6. The number of anilines is 1. The number of amides is 2. The zero-order chi connectivity index (χ0) is 18.4. The van der Waals surface area contributed by atoms with Gasteiger partial charge in [-0.1, -0.05) is 54.6 Å². The Labute approximate surface area is 150 Å². The monoisotopic (exact) mass is 350 g/mol. The summed E-state index contributed by atoms with van der Waals surface area (Å²) in [4.78, 5) is 34.8. The van der Waals surface area contributed by atoms with Gasteiger partial charge in [0, 0.05) is 6.54 Å². The van der Waals surface area contributed by atoms with Gasteiger partial charge in [-0.15, -0.1) is 0 Å². The molecule has 0 aromatic heterocycles. The van der Waals surface area contributed by atoms with E-state index in [4.69, 9.17) is 4.74 Å². The molecule has 6 heteroatoms. The van der Waals surface area contributed by atoms with E-state index in [1.807, 2.05) is 48.6 Å². The summed E-state index contributed by atoms with van der Waals surface area (Å²) < 4.78 is 5.12. The van der Waals surface area contributed by atoms with Gasteiger partial charge < -0.3 is 15.4 Å².